The number of hydrogen-bond acceptors (Lipinski definition) is 7. The summed E-state index contributed by atoms with van der Waals surface area (Å²) in [5.74, 6) is -0.212. The maximum atomic E-state index is 13.0. The van der Waals surface area contributed by atoms with Crippen LogP contribution in [0.2, 0.25) is 0 Å². The first-order valence-electron chi connectivity index (χ1n) is 8.67. The molecule has 3 heterocycles. The number of carbonyl (C=O) groups is 2. The van der Waals surface area contributed by atoms with E-state index in [4.69, 9.17) is 15.0 Å². The van der Waals surface area contributed by atoms with Crippen LogP contribution in [0.1, 0.15) is 42.2 Å². The Hall–Kier alpha value is -2.00. The number of rotatable bonds is 7. The van der Waals surface area contributed by atoms with E-state index >= 15 is 0 Å². The fourth-order valence-corrected chi connectivity index (χ4v) is 3.85. The molecule has 0 aromatic carbocycles. The molecule has 2 aliphatic rings. The Balaban J connectivity index is 1.59. The predicted octanol–water partition coefficient (Wildman–Crippen LogP) is 0.0195. The molecule has 1 aromatic heterocycles. The third-order valence-electron chi connectivity index (χ3n) is 5.08. The second-order valence-electron chi connectivity index (χ2n) is 6.86. The second kappa shape index (κ2) is 7.49. The molecule has 9 heteroatoms. The van der Waals surface area contributed by atoms with Crippen LogP contribution < -0.4 is 5.73 Å². The van der Waals surface area contributed by atoms with Gasteiger partial charge in [-0.1, -0.05) is 5.16 Å². The lowest BCUT2D eigenvalue weighted by atomic mass is 9.78. The Bertz CT molecular complexity index is 634. The highest BCUT2D eigenvalue weighted by molar-refractivity contribution is 5.88. The molecule has 2 N–H and O–H groups in total. The van der Waals surface area contributed by atoms with Crippen LogP contribution in [0, 0.1) is 5.41 Å². The number of piperidine rings is 1. The van der Waals surface area contributed by atoms with Crippen molar-refractivity contribution in [3.63, 3.8) is 0 Å². The fraction of sp³-hybridized carbons (Fsp3) is 0.750. The molecule has 0 saturated carbocycles. The maximum Gasteiger partial charge on any atom is 0.290 e. The minimum atomic E-state index is -0.706. The molecule has 0 aliphatic carbocycles. The third kappa shape index (κ3) is 3.82. The van der Waals surface area contributed by atoms with Gasteiger partial charge in [0.25, 0.3) is 11.7 Å². The minimum Gasteiger partial charge on any atom is -0.385 e. The zero-order valence-corrected chi connectivity index (χ0v) is 14.6. The summed E-state index contributed by atoms with van der Waals surface area (Å²) in [6, 6.07) is 0. The fourth-order valence-electron chi connectivity index (χ4n) is 3.85. The quantitative estimate of drug-likeness (QED) is 0.689. The molecule has 2 saturated heterocycles. The minimum absolute atomic E-state index is 0.109. The van der Waals surface area contributed by atoms with Crippen molar-refractivity contribution >= 4 is 11.8 Å². The zero-order valence-electron chi connectivity index (χ0n) is 14.6. The summed E-state index contributed by atoms with van der Waals surface area (Å²) < 4.78 is 10.1. The largest absolute Gasteiger partial charge is 0.385 e. The number of carbonyl (C=O) groups excluding carboxylic acids is 2. The van der Waals surface area contributed by atoms with Crippen LogP contribution in [0.15, 0.2) is 4.52 Å². The smallest absolute Gasteiger partial charge is 0.290 e. The van der Waals surface area contributed by atoms with E-state index in [1.807, 2.05) is 4.90 Å². The highest BCUT2D eigenvalue weighted by atomic mass is 16.5. The zero-order chi connectivity index (χ0) is 17.9. The van der Waals surface area contributed by atoms with Gasteiger partial charge in [-0.3, -0.25) is 14.5 Å². The van der Waals surface area contributed by atoms with E-state index in [2.05, 4.69) is 15.0 Å². The van der Waals surface area contributed by atoms with Crippen molar-refractivity contribution in [2.75, 3.05) is 39.9 Å². The average molecular weight is 351 g/mol. The van der Waals surface area contributed by atoms with Gasteiger partial charge in [0.2, 0.25) is 11.8 Å². The van der Waals surface area contributed by atoms with Gasteiger partial charge >= 0.3 is 0 Å². The summed E-state index contributed by atoms with van der Waals surface area (Å²) in [5, 5.41) is 3.56. The number of methoxy groups -OCH3 is 1. The molecular formula is C16H25N5O4. The monoisotopic (exact) mass is 351 g/mol. The van der Waals surface area contributed by atoms with Crippen LogP contribution >= 0.6 is 0 Å². The number of aromatic nitrogens is 2. The van der Waals surface area contributed by atoms with Crippen LogP contribution in [0.5, 0.6) is 0 Å². The summed E-state index contributed by atoms with van der Waals surface area (Å²) in [7, 11) is 1.68. The van der Waals surface area contributed by atoms with E-state index in [0.29, 0.717) is 25.6 Å². The van der Waals surface area contributed by atoms with Crippen LogP contribution in [0.4, 0.5) is 0 Å². The number of nitrogens with zero attached hydrogens (tertiary/aromatic N) is 4. The SMILES string of the molecule is COCCCN1CCCC2(CCN(Cc3nc(C(N)=O)no3)C2)C1=O. The molecule has 0 radical (unpaired) electrons. The molecule has 1 unspecified atom stereocenters. The van der Waals surface area contributed by atoms with E-state index in [0.717, 1.165) is 45.3 Å². The molecule has 9 nitrogen and oxygen atoms in total. The van der Waals surface area contributed by atoms with Crippen molar-refractivity contribution in [2.45, 2.75) is 32.2 Å². The van der Waals surface area contributed by atoms with E-state index in [-0.39, 0.29) is 17.1 Å². The van der Waals surface area contributed by atoms with Gasteiger partial charge in [-0.05, 0) is 32.2 Å². The Labute approximate surface area is 146 Å². The standard InChI is InChI=1S/C16H25N5O4/c1-24-9-3-7-21-6-2-4-16(15(21)23)5-8-20(11-16)10-12-18-14(13(17)22)19-25-12/h2-11H2,1H3,(H2,17,22). The molecule has 2 amide bonds. The molecule has 25 heavy (non-hydrogen) atoms. The number of amides is 2. The van der Waals surface area contributed by atoms with Gasteiger partial charge in [-0.15, -0.1) is 0 Å². The number of primary amides is 1. The lowest BCUT2D eigenvalue weighted by Gasteiger charge is -2.39. The number of hydrogen-bond donors (Lipinski definition) is 1. The Morgan fingerprint density at radius 2 is 2.24 bits per heavy atom. The molecule has 1 atom stereocenters. The number of likely N-dealkylation sites (tertiary alicyclic amines) is 2. The molecule has 1 aromatic rings. The van der Waals surface area contributed by atoms with Crippen molar-refractivity contribution in [1.29, 1.82) is 0 Å². The van der Waals surface area contributed by atoms with Crippen LogP contribution in [0.25, 0.3) is 0 Å². The van der Waals surface area contributed by atoms with Gasteiger partial charge in [0, 0.05) is 33.4 Å². The molecule has 0 bridgehead atoms. The highest BCUT2D eigenvalue weighted by Gasteiger charge is 2.48. The molecule has 1 spiro atoms. The van der Waals surface area contributed by atoms with Gasteiger partial charge in [0.05, 0.1) is 12.0 Å². The van der Waals surface area contributed by atoms with Crippen molar-refractivity contribution in [3.8, 4) is 0 Å². The van der Waals surface area contributed by atoms with E-state index in [1.165, 1.54) is 0 Å². The number of ether oxygens (including phenoxy) is 1. The summed E-state index contributed by atoms with van der Waals surface area (Å²) in [4.78, 5) is 32.1. The molecular weight excluding hydrogens is 326 g/mol. The molecule has 2 fully saturated rings. The molecule has 2 aliphatic heterocycles. The molecule has 138 valence electrons. The van der Waals surface area contributed by atoms with Gasteiger partial charge in [0.1, 0.15) is 0 Å². The first kappa shape index (κ1) is 17.8. The number of nitrogens with two attached hydrogens (primary N) is 1. The van der Waals surface area contributed by atoms with Crippen LogP contribution in [-0.4, -0.2) is 71.7 Å². The van der Waals surface area contributed by atoms with E-state index in [1.54, 1.807) is 7.11 Å². The summed E-state index contributed by atoms with van der Waals surface area (Å²) in [6.07, 6.45) is 3.64. The Morgan fingerprint density at radius 3 is 2.96 bits per heavy atom. The Morgan fingerprint density at radius 1 is 1.40 bits per heavy atom. The second-order valence-corrected chi connectivity index (χ2v) is 6.86. The van der Waals surface area contributed by atoms with Crippen LogP contribution in [0.3, 0.4) is 0 Å². The van der Waals surface area contributed by atoms with Crippen molar-refractivity contribution in [3.05, 3.63) is 11.7 Å². The predicted molar refractivity (Wildman–Crippen MR) is 87.4 cm³/mol. The van der Waals surface area contributed by atoms with Gasteiger partial charge < -0.3 is 19.9 Å². The van der Waals surface area contributed by atoms with Crippen LogP contribution in [-0.2, 0) is 16.1 Å². The molecule has 3 rings (SSSR count). The summed E-state index contributed by atoms with van der Waals surface area (Å²) in [6.45, 7) is 4.16. The lowest BCUT2D eigenvalue weighted by Crippen LogP contribution is -2.50. The van der Waals surface area contributed by atoms with Crippen molar-refractivity contribution < 1.29 is 18.8 Å². The van der Waals surface area contributed by atoms with Crippen molar-refractivity contribution in [1.82, 2.24) is 19.9 Å². The highest BCUT2D eigenvalue weighted by Crippen LogP contribution is 2.40. The Kier molecular flexibility index (Phi) is 5.33. The summed E-state index contributed by atoms with van der Waals surface area (Å²) in [5.41, 5.74) is 4.83. The van der Waals surface area contributed by atoms with E-state index in [9.17, 15) is 9.59 Å². The normalized spacial score (nSPS) is 24.4. The van der Waals surface area contributed by atoms with Gasteiger partial charge in [0.15, 0.2) is 0 Å². The third-order valence-corrected chi connectivity index (χ3v) is 5.08. The lowest BCUT2D eigenvalue weighted by molar-refractivity contribution is -0.145. The maximum absolute atomic E-state index is 13.0. The van der Waals surface area contributed by atoms with E-state index < -0.39 is 5.91 Å². The topological polar surface area (TPSA) is 115 Å². The average Bonchev–Trinajstić information content (AvgIpc) is 3.21. The first-order chi connectivity index (χ1) is 12.0. The van der Waals surface area contributed by atoms with Gasteiger partial charge in [-0.2, -0.15) is 4.98 Å². The summed E-state index contributed by atoms with van der Waals surface area (Å²) >= 11 is 0. The van der Waals surface area contributed by atoms with Crippen molar-refractivity contribution in [2.24, 2.45) is 11.1 Å². The van der Waals surface area contributed by atoms with Gasteiger partial charge in [-0.25, -0.2) is 0 Å². The first-order valence-corrected chi connectivity index (χ1v) is 8.67.